The number of carbonyl (C=O) groups is 1. The van der Waals surface area contributed by atoms with E-state index in [9.17, 15) is 13.2 Å². The second-order valence-corrected chi connectivity index (χ2v) is 7.80. The second kappa shape index (κ2) is 7.85. The number of benzene rings is 2. The van der Waals surface area contributed by atoms with Gasteiger partial charge in [0.1, 0.15) is 0 Å². The summed E-state index contributed by atoms with van der Waals surface area (Å²) in [6.45, 7) is 2.58. The Hall–Kier alpha value is -2.78. The molecular formula is C18H21N3O5S. The van der Waals surface area contributed by atoms with Crippen LogP contribution in [-0.4, -0.2) is 33.6 Å². The summed E-state index contributed by atoms with van der Waals surface area (Å²) in [5.74, 6) is 0.612. The number of sulfonamides is 1. The Morgan fingerprint density at radius 3 is 2.33 bits per heavy atom. The largest absolute Gasteiger partial charge is 0.490 e. The van der Waals surface area contributed by atoms with E-state index in [1.54, 1.807) is 37.3 Å². The lowest BCUT2D eigenvalue weighted by molar-refractivity contribution is -0.117. The van der Waals surface area contributed by atoms with Gasteiger partial charge in [-0.25, -0.2) is 8.42 Å². The standard InChI is InChI=1S/C18H21N3O5S/c1-12(19)18(22)20-13-3-5-14(6-4-13)21-27(23,24)15-7-8-16-17(11-15)26-10-2-9-25-16/h3-8,11-12,21H,2,9-10,19H2,1H3,(H,20,22)/t12-/m0/s1. The molecule has 9 heteroatoms. The number of rotatable bonds is 5. The maximum atomic E-state index is 12.6. The van der Waals surface area contributed by atoms with Crippen LogP contribution in [0, 0.1) is 0 Å². The van der Waals surface area contributed by atoms with E-state index in [4.69, 9.17) is 15.2 Å². The highest BCUT2D eigenvalue weighted by atomic mass is 32.2. The number of carbonyl (C=O) groups excluding carboxylic acids is 1. The number of nitrogens with one attached hydrogen (secondary N) is 2. The molecule has 1 atom stereocenters. The number of ether oxygens (including phenoxy) is 2. The SMILES string of the molecule is C[C@H](N)C(=O)Nc1ccc(NS(=O)(=O)c2ccc3c(c2)OCCCO3)cc1. The van der Waals surface area contributed by atoms with E-state index in [1.807, 2.05) is 0 Å². The van der Waals surface area contributed by atoms with E-state index in [0.29, 0.717) is 36.1 Å². The molecule has 0 fully saturated rings. The van der Waals surface area contributed by atoms with E-state index in [0.717, 1.165) is 6.42 Å². The lowest BCUT2D eigenvalue weighted by Crippen LogP contribution is -2.32. The van der Waals surface area contributed by atoms with Crippen molar-refractivity contribution in [3.63, 3.8) is 0 Å². The van der Waals surface area contributed by atoms with Gasteiger partial charge in [0.25, 0.3) is 10.0 Å². The fourth-order valence-electron chi connectivity index (χ4n) is 2.40. The molecule has 1 aliphatic heterocycles. The molecule has 0 spiro atoms. The minimum absolute atomic E-state index is 0.0704. The Labute approximate surface area is 157 Å². The number of nitrogens with two attached hydrogens (primary N) is 1. The van der Waals surface area contributed by atoms with Crippen molar-refractivity contribution in [1.29, 1.82) is 0 Å². The number of hydrogen-bond donors (Lipinski definition) is 3. The maximum Gasteiger partial charge on any atom is 0.262 e. The molecule has 1 heterocycles. The van der Waals surface area contributed by atoms with Crippen molar-refractivity contribution in [2.75, 3.05) is 23.3 Å². The van der Waals surface area contributed by atoms with Crippen molar-refractivity contribution in [2.45, 2.75) is 24.3 Å². The Morgan fingerprint density at radius 1 is 1.04 bits per heavy atom. The highest BCUT2D eigenvalue weighted by molar-refractivity contribution is 7.92. The zero-order chi connectivity index (χ0) is 19.4. The number of hydrogen-bond acceptors (Lipinski definition) is 6. The topological polar surface area (TPSA) is 120 Å². The smallest absolute Gasteiger partial charge is 0.262 e. The molecule has 1 aliphatic rings. The third-order valence-electron chi connectivity index (χ3n) is 3.85. The maximum absolute atomic E-state index is 12.6. The number of fused-ring (bicyclic) bond motifs is 1. The van der Waals surface area contributed by atoms with E-state index < -0.39 is 16.1 Å². The predicted octanol–water partition coefficient (Wildman–Crippen LogP) is 1.93. The summed E-state index contributed by atoms with van der Waals surface area (Å²) in [5.41, 5.74) is 6.38. The molecule has 3 rings (SSSR count). The Bertz CT molecular complexity index is 927. The van der Waals surface area contributed by atoms with Gasteiger partial charge in [0.15, 0.2) is 11.5 Å². The van der Waals surface area contributed by atoms with Gasteiger partial charge in [-0.05, 0) is 43.3 Å². The van der Waals surface area contributed by atoms with E-state index in [2.05, 4.69) is 10.0 Å². The Balaban J connectivity index is 1.74. The zero-order valence-electron chi connectivity index (χ0n) is 14.8. The Kier molecular flexibility index (Phi) is 5.52. The van der Waals surface area contributed by atoms with Gasteiger partial charge in [-0.2, -0.15) is 0 Å². The Morgan fingerprint density at radius 2 is 1.67 bits per heavy atom. The summed E-state index contributed by atoms with van der Waals surface area (Å²) in [7, 11) is -3.80. The van der Waals surface area contributed by atoms with Crippen molar-refractivity contribution in [3.8, 4) is 11.5 Å². The molecule has 27 heavy (non-hydrogen) atoms. The first kappa shape index (κ1) is 19.0. The van der Waals surface area contributed by atoms with Crippen molar-refractivity contribution in [2.24, 2.45) is 5.73 Å². The molecule has 2 aromatic rings. The van der Waals surface area contributed by atoms with Crippen molar-refractivity contribution in [1.82, 2.24) is 0 Å². The summed E-state index contributed by atoms with van der Waals surface area (Å²) in [6, 6.07) is 10.1. The molecule has 2 aromatic carbocycles. The van der Waals surface area contributed by atoms with Gasteiger partial charge < -0.3 is 20.5 Å². The average Bonchev–Trinajstić information content (AvgIpc) is 2.87. The van der Waals surface area contributed by atoms with Crippen LogP contribution in [-0.2, 0) is 14.8 Å². The first-order chi connectivity index (χ1) is 12.8. The van der Waals surface area contributed by atoms with Gasteiger partial charge in [0, 0.05) is 23.9 Å². The highest BCUT2D eigenvalue weighted by Gasteiger charge is 2.19. The fraction of sp³-hybridized carbons (Fsp3) is 0.278. The summed E-state index contributed by atoms with van der Waals surface area (Å²) in [4.78, 5) is 11.7. The molecule has 0 radical (unpaired) electrons. The van der Waals surface area contributed by atoms with E-state index in [-0.39, 0.29) is 10.8 Å². The first-order valence-corrected chi connectivity index (χ1v) is 9.92. The van der Waals surface area contributed by atoms with Crippen LogP contribution in [0.5, 0.6) is 11.5 Å². The lowest BCUT2D eigenvalue weighted by Gasteiger charge is -2.12. The molecule has 0 aliphatic carbocycles. The summed E-state index contributed by atoms with van der Waals surface area (Å²) < 4.78 is 38.8. The first-order valence-electron chi connectivity index (χ1n) is 8.44. The molecule has 0 saturated carbocycles. The van der Waals surface area contributed by atoms with Crippen LogP contribution in [0.3, 0.4) is 0 Å². The van der Waals surface area contributed by atoms with Crippen LogP contribution in [0.4, 0.5) is 11.4 Å². The quantitative estimate of drug-likeness (QED) is 0.716. The van der Waals surface area contributed by atoms with Crippen molar-refractivity contribution >= 4 is 27.3 Å². The molecule has 0 aromatic heterocycles. The molecule has 1 amide bonds. The van der Waals surface area contributed by atoms with Gasteiger partial charge >= 0.3 is 0 Å². The average molecular weight is 391 g/mol. The highest BCUT2D eigenvalue weighted by Crippen LogP contribution is 2.32. The van der Waals surface area contributed by atoms with Crippen molar-refractivity contribution in [3.05, 3.63) is 42.5 Å². The molecule has 0 saturated heterocycles. The monoisotopic (exact) mass is 391 g/mol. The van der Waals surface area contributed by atoms with E-state index >= 15 is 0 Å². The zero-order valence-corrected chi connectivity index (χ0v) is 15.6. The minimum atomic E-state index is -3.80. The van der Waals surface area contributed by atoms with Gasteiger partial charge in [-0.3, -0.25) is 9.52 Å². The second-order valence-electron chi connectivity index (χ2n) is 6.12. The number of amides is 1. The van der Waals surface area contributed by atoms with Crippen LogP contribution >= 0.6 is 0 Å². The normalized spacial score (nSPS) is 14.7. The lowest BCUT2D eigenvalue weighted by atomic mass is 10.2. The summed E-state index contributed by atoms with van der Waals surface area (Å²) in [5, 5.41) is 2.63. The number of anilines is 2. The van der Waals surface area contributed by atoms with Gasteiger partial charge in [0.2, 0.25) is 5.91 Å². The molecular weight excluding hydrogens is 370 g/mol. The van der Waals surface area contributed by atoms with Gasteiger partial charge in [-0.1, -0.05) is 0 Å². The summed E-state index contributed by atoms with van der Waals surface area (Å²) >= 11 is 0. The fourth-order valence-corrected chi connectivity index (χ4v) is 3.48. The summed E-state index contributed by atoms with van der Waals surface area (Å²) in [6.07, 6.45) is 0.737. The van der Waals surface area contributed by atoms with Crippen LogP contribution in [0.25, 0.3) is 0 Å². The van der Waals surface area contributed by atoms with Crippen molar-refractivity contribution < 1.29 is 22.7 Å². The van der Waals surface area contributed by atoms with Crippen LogP contribution < -0.4 is 25.2 Å². The van der Waals surface area contributed by atoms with Crippen LogP contribution in [0.15, 0.2) is 47.4 Å². The molecule has 0 bridgehead atoms. The molecule has 4 N–H and O–H groups in total. The molecule has 144 valence electrons. The van der Waals surface area contributed by atoms with Gasteiger partial charge in [0.05, 0.1) is 24.2 Å². The molecule has 8 nitrogen and oxygen atoms in total. The van der Waals surface area contributed by atoms with Gasteiger partial charge in [-0.15, -0.1) is 0 Å². The van der Waals surface area contributed by atoms with Crippen LogP contribution in [0.1, 0.15) is 13.3 Å². The van der Waals surface area contributed by atoms with Crippen LogP contribution in [0.2, 0.25) is 0 Å². The van der Waals surface area contributed by atoms with E-state index in [1.165, 1.54) is 12.1 Å². The predicted molar refractivity (Wildman–Crippen MR) is 102 cm³/mol. The third-order valence-corrected chi connectivity index (χ3v) is 5.23. The third kappa shape index (κ3) is 4.69. The molecule has 0 unspecified atom stereocenters. The minimum Gasteiger partial charge on any atom is -0.490 e.